The highest BCUT2D eigenvalue weighted by Crippen LogP contribution is 2.39. The first-order valence-electron chi connectivity index (χ1n) is 7.98. The van der Waals surface area contributed by atoms with Gasteiger partial charge in [0, 0.05) is 16.6 Å². The predicted molar refractivity (Wildman–Crippen MR) is 102 cm³/mol. The van der Waals surface area contributed by atoms with Crippen molar-refractivity contribution < 1.29 is 4.79 Å². The maximum atomic E-state index is 11.3. The van der Waals surface area contributed by atoms with Crippen molar-refractivity contribution in [3.8, 4) is 11.1 Å². The standard InChI is InChI=1S/C18H18Cl2N4O/c1-10(2)11(3)22-18-15(13-6-4-5-7-14(13)19)16(20)23-17-12(9-25)8-21-24(17)18/h4-11,22H,1-3H3. The van der Waals surface area contributed by atoms with Crippen LogP contribution in [0.15, 0.2) is 30.5 Å². The number of hydrogen-bond acceptors (Lipinski definition) is 4. The van der Waals surface area contributed by atoms with Crippen molar-refractivity contribution in [2.45, 2.75) is 26.8 Å². The summed E-state index contributed by atoms with van der Waals surface area (Å²) in [6.07, 6.45) is 2.20. The van der Waals surface area contributed by atoms with E-state index in [-0.39, 0.29) is 11.2 Å². The van der Waals surface area contributed by atoms with E-state index in [1.165, 1.54) is 6.20 Å². The lowest BCUT2D eigenvalue weighted by Gasteiger charge is -2.22. The molecule has 0 fully saturated rings. The molecule has 3 aromatic rings. The molecule has 1 aromatic carbocycles. The van der Waals surface area contributed by atoms with Gasteiger partial charge in [0.05, 0.1) is 17.3 Å². The van der Waals surface area contributed by atoms with Crippen LogP contribution in [0, 0.1) is 5.92 Å². The molecule has 25 heavy (non-hydrogen) atoms. The smallest absolute Gasteiger partial charge is 0.169 e. The third-order valence-electron chi connectivity index (χ3n) is 4.26. The number of aromatic nitrogens is 3. The molecule has 0 aliphatic heterocycles. The second-order valence-electron chi connectivity index (χ2n) is 6.24. The first-order valence-corrected chi connectivity index (χ1v) is 8.73. The Morgan fingerprint density at radius 2 is 1.92 bits per heavy atom. The monoisotopic (exact) mass is 376 g/mol. The summed E-state index contributed by atoms with van der Waals surface area (Å²) in [5.41, 5.74) is 2.21. The van der Waals surface area contributed by atoms with Gasteiger partial charge in [0.25, 0.3) is 0 Å². The van der Waals surface area contributed by atoms with Gasteiger partial charge in [-0.3, -0.25) is 4.79 Å². The Bertz CT molecular complexity index is 936. The minimum absolute atomic E-state index is 0.145. The van der Waals surface area contributed by atoms with Gasteiger partial charge in [0.1, 0.15) is 11.0 Å². The summed E-state index contributed by atoms with van der Waals surface area (Å²) in [6.45, 7) is 6.31. The number of halogens is 2. The number of carbonyl (C=O) groups is 1. The zero-order chi connectivity index (χ0) is 18.1. The Labute approximate surface area is 156 Å². The van der Waals surface area contributed by atoms with Gasteiger partial charge in [-0.25, -0.2) is 4.98 Å². The molecule has 0 amide bonds. The summed E-state index contributed by atoms with van der Waals surface area (Å²) in [4.78, 5) is 15.6. The highest BCUT2D eigenvalue weighted by atomic mass is 35.5. The van der Waals surface area contributed by atoms with Crippen LogP contribution in [0.3, 0.4) is 0 Å². The molecule has 5 nitrogen and oxygen atoms in total. The SMILES string of the molecule is CC(C)C(C)Nc1c(-c2ccccc2Cl)c(Cl)nc2c(C=O)cnn12. The molecule has 0 spiro atoms. The van der Waals surface area contributed by atoms with Gasteiger partial charge in [-0.15, -0.1) is 0 Å². The highest BCUT2D eigenvalue weighted by Gasteiger charge is 2.22. The molecule has 2 aromatic heterocycles. The number of aldehydes is 1. The van der Waals surface area contributed by atoms with Gasteiger partial charge in [-0.05, 0) is 18.9 Å². The molecule has 1 atom stereocenters. The molecular weight excluding hydrogens is 359 g/mol. The van der Waals surface area contributed by atoms with Crippen LogP contribution in [0.4, 0.5) is 5.82 Å². The predicted octanol–water partition coefficient (Wildman–Crippen LogP) is 4.97. The van der Waals surface area contributed by atoms with Gasteiger partial charge < -0.3 is 5.32 Å². The van der Waals surface area contributed by atoms with Crippen LogP contribution in [0.2, 0.25) is 10.2 Å². The van der Waals surface area contributed by atoms with E-state index in [9.17, 15) is 4.79 Å². The summed E-state index contributed by atoms with van der Waals surface area (Å²) in [5.74, 6) is 1.04. The molecule has 0 saturated heterocycles. The molecule has 0 bridgehead atoms. The Hall–Kier alpha value is -2.11. The summed E-state index contributed by atoms with van der Waals surface area (Å²) < 4.78 is 1.60. The van der Waals surface area contributed by atoms with Gasteiger partial charge in [0.2, 0.25) is 0 Å². The van der Waals surface area contributed by atoms with Crippen molar-refractivity contribution in [1.82, 2.24) is 14.6 Å². The van der Waals surface area contributed by atoms with Crippen molar-refractivity contribution in [3.63, 3.8) is 0 Å². The van der Waals surface area contributed by atoms with E-state index in [0.717, 1.165) is 11.8 Å². The number of hydrogen-bond donors (Lipinski definition) is 1. The van der Waals surface area contributed by atoms with Crippen LogP contribution in [0.5, 0.6) is 0 Å². The third-order valence-corrected chi connectivity index (χ3v) is 4.87. The molecule has 2 heterocycles. The first-order chi connectivity index (χ1) is 11.9. The number of fused-ring (bicyclic) bond motifs is 1. The average Bonchev–Trinajstić information content (AvgIpc) is 2.98. The number of benzene rings is 1. The second kappa shape index (κ2) is 7.02. The van der Waals surface area contributed by atoms with Crippen LogP contribution >= 0.6 is 23.2 Å². The average molecular weight is 377 g/mol. The Morgan fingerprint density at radius 1 is 1.20 bits per heavy atom. The fourth-order valence-corrected chi connectivity index (χ4v) is 2.99. The van der Waals surface area contributed by atoms with Crippen molar-refractivity contribution >= 4 is 41.0 Å². The number of nitrogens with one attached hydrogen (secondary N) is 1. The number of anilines is 1. The third kappa shape index (κ3) is 3.22. The van der Waals surface area contributed by atoms with E-state index in [0.29, 0.717) is 33.5 Å². The van der Waals surface area contributed by atoms with Crippen molar-refractivity contribution in [2.75, 3.05) is 5.32 Å². The molecule has 1 N–H and O–H groups in total. The molecule has 0 radical (unpaired) electrons. The van der Waals surface area contributed by atoms with Crippen LogP contribution in [0.25, 0.3) is 16.8 Å². The molecular formula is C18H18Cl2N4O. The van der Waals surface area contributed by atoms with Crippen LogP contribution in [-0.2, 0) is 0 Å². The van der Waals surface area contributed by atoms with Crippen LogP contribution in [0.1, 0.15) is 31.1 Å². The van der Waals surface area contributed by atoms with Gasteiger partial charge in [-0.2, -0.15) is 9.61 Å². The van der Waals surface area contributed by atoms with Gasteiger partial charge in [-0.1, -0.05) is 55.2 Å². The highest BCUT2D eigenvalue weighted by molar-refractivity contribution is 6.36. The first kappa shape index (κ1) is 17.7. The number of carbonyl (C=O) groups excluding carboxylic acids is 1. The van der Waals surface area contributed by atoms with E-state index in [1.807, 2.05) is 18.2 Å². The van der Waals surface area contributed by atoms with E-state index in [1.54, 1.807) is 10.6 Å². The molecule has 0 saturated carbocycles. The molecule has 7 heteroatoms. The van der Waals surface area contributed by atoms with E-state index >= 15 is 0 Å². The zero-order valence-electron chi connectivity index (χ0n) is 14.1. The summed E-state index contributed by atoms with van der Waals surface area (Å²) in [7, 11) is 0. The maximum absolute atomic E-state index is 11.3. The lowest BCUT2D eigenvalue weighted by atomic mass is 10.0. The van der Waals surface area contributed by atoms with E-state index < -0.39 is 0 Å². The second-order valence-corrected chi connectivity index (χ2v) is 7.00. The van der Waals surface area contributed by atoms with Crippen LogP contribution < -0.4 is 5.32 Å². The lowest BCUT2D eigenvalue weighted by molar-refractivity contribution is 0.112. The molecule has 1 unspecified atom stereocenters. The summed E-state index contributed by atoms with van der Waals surface area (Å²) in [6, 6.07) is 7.57. The normalized spacial score (nSPS) is 12.6. The molecule has 3 rings (SSSR count). The van der Waals surface area contributed by atoms with Crippen LogP contribution in [-0.4, -0.2) is 26.9 Å². The summed E-state index contributed by atoms with van der Waals surface area (Å²) in [5, 5.41) is 8.61. The quantitative estimate of drug-likeness (QED) is 0.504. The van der Waals surface area contributed by atoms with Gasteiger partial charge >= 0.3 is 0 Å². The molecule has 130 valence electrons. The van der Waals surface area contributed by atoms with Crippen molar-refractivity contribution in [2.24, 2.45) is 5.92 Å². The molecule has 0 aliphatic carbocycles. The van der Waals surface area contributed by atoms with E-state index in [4.69, 9.17) is 23.2 Å². The van der Waals surface area contributed by atoms with Crippen molar-refractivity contribution in [3.05, 3.63) is 46.2 Å². The van der Waals surface area contributed by atoms with E-state index in [2.05, 4.69) is 36.2 Å². The minimum Gasteiger partial charge on any atom is -0.367 e. The fourth-order valence-electron chi connectivity index (χ4n) is 2.48. The minimum atomic E-state index is 0.145. The van der Waals surface area contributed by atoms with Gasteiger partial charge in [0.15, 0.2) is 11.9 Å². The molecule has 0 aliphatic rings. The Balaban J connectivity index is 2.33. The Morgan fingerprint density at radius 3 is 2.56 bits per heavy atom. The summed E-state index contributed by atoms with van der Waals surface area (Å²) >= 11 is 12.9. The Kier molecular flexibility index (Phi) is 4.97. The zero-order valence-corrected chi connectivity index (χ0v) is 15.6. The van der Waals surface area contributed by atoms with Crippen molar-refractivity contribution in [1.29, 1.82) is 0 Å². The lowest BCUT2D eigenvalue weighted by Crippen LogP contribution is -2.24. The number of rotatable bonds is 5. The largest absolute Gasteiger partial charge is 0.367 e. The topological polar surface area (TPSA) is 59.3 Å². The number of nitrogens with zero attached hydrogens (tertiary/aromatic N) is 3. The maximum Gasteiger partial charge on any atom is 0.169 e. The fraction of sp³-hybridized carbons (Fsp3) is 0.278.